The molecular formula is C29H23N7O3S. The van der Waals surface area contributed by atoms with Crippen LogP contribution in [0.3, 0.4) is 0 Å². The van der Waals surface area contributed by atoms with Crippen LogP contribution in [0.5, 0.6) is 0 Å². The molecule has 10 nitrogen and oxygen atoms in total. The van der Waals surface area contributed by atoms with E-state index in [4.69, 9.17) is 11.0 Å². The number of nitrogens with one attached hydrogen (secondary N) is 2. The van der Waals surface area contributed by atoms with Crippen LogP contribution in [0, 0.1) is 11.3 Å². The molecular weight excluding hydrogens is 526 g/mol. The lowest BCUT2D eigenvalue weighted by Gasteiger charge is -2.09. The minimum absolute atomic E-state index is 0.0495. The number of nitrogens with two attached hydrogens (primary N) is 1. The topological polar surface area (TPSA) is 156 Å². The van der Waals surface area contributed by atoms with Crippen molar-refractivity contribution in [2.75, 3.05) is 17.2 Å². The number of hydrogen-bond donors (Lipinski definition) is 3. The van der Waals surface area contributed by atoms with Crippen LogP contribution < -0.4 is 16.4 Å². The lowest BCUT2D eigenvalue weighted by molar-refractivity contribution is -0.118. The van der Waals surface area contributed by atoms with E-state index in [0.29, 0.717) is 32.9 Å². The number of anilines is 2. The number of thiophene rings is 1. The first-order valence-corrected chi connectivity index (χ1v) is 13.1. The number of carbonyl (C=O) groups is 3. The number of imidazole rings is 1. The summed E-state index contributed by atoms with van der Waals surface area (Å²) in [5.41, 5.74) is 9.04. The number of fused-ring (bicyclic) bond motifs is 1. The first-order chi connectivity index (χ1) is 19.4. The first kappa shape index (κ1) is 26.3. The maximum absolute atomic E-state index is 13.2. The molecule has 2 aromatic carbocycles. The van der Waals surface area contributed by atoms with E-state index in [-0.39, 0.29) is 37.1 Å². The number of pyridine rings is 1. The Morgan fingerprint density at radius 3 is 2.62 bits per heavy atom. The molecule has 2 amide bonds. The minimum atomic E-state index is -0.478. The summed E-state index contributed by atoms with van der Waals surface area (Å²) in [4.78, 5) is 47.0. The molecule has 0 bridgehead atoms. The third-order valence-corrected chi connectivity index (χ3v) is 7.23. The zero-order valence-electron chi connectivity index (χ0n) is 21.1. The molecule has 0 unspecified atom stereocenters. The Morgan fingerprint density at radius 2 is 1.85 bits per heavy atom. The molecule has 3 heterocycles. The summed E-state index contributed by atoms with van der Waals surface area (Å²) < 4.78 is 1.73. The Balaban J connectivity index is 1.37. The molecule has 0 saturated carbocycles. The van der Waals surface area contributed by atoms with Gasteiger partial charge in [-0.1, -0.05) is 30.3 Å². The van der Waals surface area contributed by atoms with E-state index in [0.717, 1.165) is 10.4 Å². The number of ketones is 1. The zero-order valence-corrected chi connectivity index (χ0v) is 21.9. The molecule has 4 N–H and O–H groups in total. The summed E-state index contributed by atoms with van der Waals surface area (Å²) >= 11 is 1.27. The summed E-state index contributed by atoms with van der Waals surface area (Å²) in [6.07, 6.45) is 1.61. The Hall–Kier alpha value is -5.34. The van der Waals surface area contributed by atoms with Crippen LogP contribution in [0.25, 0.3) is 21.5 Å². The molecule has 0 aliphatic rings. The monoisotopic (exact) mass is 549 g/mol. The maximum Gasteiger partial charge on any atom is 0.268 e. The van der Waals surface area contributed by atoms with Crippen LogP contribution in [0.15, 0.2) is 79.0 Å². The van der Waals surface area contributed by atoms with Gasteiger partial charge in [-0.3, -0.25) is 19.7 Å². The molecule has 5 rings (SSSR count). The highest BCUT2D eigenvalue weighted by molar-refractivity contribution is 7.17. The summed E-state index contributed by atoms with van der Waals surface area (Å²) in [6, 6.07) is 23.4. The molecule has 0 radical (unpaired) electrons. The van der Waals surface area contributed by atoms with Gasteiger partial charge in [-0.05, 0) is 48.0 Å². The van der Waals surface area contributed by atoms with E-state index in [2.05, 4.69) is 20.6 Å². The number of carbonyl (C=O) groups excluding carboxylic acids is 3. The molecule has 0 saturated heterocycles. The average molecular weight is 550 g/mol. The van der Waals surface area contributed by atoms with Crippen molar-refractivity contribution in [2.45, 2.75) is 13.0 Å². The van der Waals surface area contributed by atoms with Crippen molar-refractivity contribution in [1.29, 1.82) is 5.26 Å². The van der Waals surface area contributed by atoms with Gasteiger partial charge in [0.2, 0.25) is 11.9 Å². The van der Waals surface area contributed by atoms with E-state index in [1.54, 1.807) is 53.2 Å². The van der Waals surface area contributed by atoms with Crippen molar-refractivity contribution in [1.82, 2.24) is 14.5 Å². The lowest BCUT2D eigenvalue weighted by atomic mass is 10.1. The predicted octanol–water partition coefficient (Wildman–Crippen LogP) is 4.45. The third-order valence-electron chi connectivity index (χ3n) is 6.09. The predicted molar refractivity (Wildman–Crippen MR) is 153 cm³/mol. The van der Waals surface area contributed by atoms with E-state index in [9.17, 15) is 14.4 Å². The highest BCUT2D eigenvalue weighted by atomic mass is 32.1. The van der Waals surface area contributed by atoms with Gasteiger partial charge in [-0.25, -0.2) is 9.97 Å². The Morgan fingerprint density at radius 1 is 1.02 bits per heavy atom. The third kappa shape index (κ3) is 5.87. The smallest absolute Gasteiger partial charge is 0.268 e. The summed E-state index contributed by atoms with van der Waals surface area (Å²) in [7, 11) is 0. The zero-order chi connectivity index (χ0) is 28.1. The van der Waals surface area contributed by atoms with Gasteiger partial charge in [0.05, 0.1) is 22.5 Å². The van der Waals surface area contributed by atoms with Gasteiger partial charge in [-0.15, -0.1) is 11.3 Å². The van der Waals surface area contributed by atoms with Gasteiger partial charge in [-0.2, -0.15) is 5.26 Å². The van der Waals surface area contributed by atoms with Crippen LogP contribution in [0.2, 0.25) is 0 Å². The van der Waals surface area contributed by atoms with Crippen LogP contribution in [0.4, 0.5) is 11.6 Å². The molecule has 11 heteroatoms. The normalized spacial score (nSPS) is 10.7. The molecule has 0 spiro atoms. The van der Waals surface area contributed by atoms with Crippen molar-refractivity contribution in [3.63, 3.8) is 0 Å². The van der Waals surface area contributed by atoms with E-state index >= 15 is 0 Å². The van der Waals surface area contributed by atoms with Crippen LogP contribution in [-0.4, -0.2) is 38.7 Å². The second-order valence-electron chi connectivity index (χ2n) is 8.81. The molecule has 198 valence electrons. The summed E-state index contributed by atoms with van der Waals surface area (Å²) in [6.45, 7) is 0.333. The number of nitriles is 1. The maximum atomic E-state index is 13.2. The second-order valence-corrected chi connectivity index (χ2v) is 9.89. The van der Waals surface area contributed by atoms with Crippen LogP contribution >= 0.6 is 11.3 Å². The van der Waals surface area contributed by atoms with Gasteiger partial charge in [0.25, 0.3) is 5.91 Å². The fourth-order valence-corrected chi connectivity index (χ4v) is 5.01. The fraction of sp³-hybridized carbons (Fsp3) is 0.103. The molecule has 5 aromatic rings. The van der Waals surface area contributed by atoms with Gasteiger partial charge in [0, 0.05) is 35.3 Å². The van der Waals surface area contributed by atoms with Gasteiger partial charge >= 0.3 is 0 Å². The number of nitrogens with zero attached hydrogens (tertiary/aromatic N) is 4. The molecule has 3 aromatic heterocycles. The van der Waals surface area contributed by atoms with Gasteiger partial charge < -0.3 is 15.6 Å². The summed E-state index contributed by atoms with van der Waals surface area (Å²) in [5, 5.41) is 15.1. The molecule has 0 atom stereocenters. The van der Waals surface area contributed by atoms with Gasteiger partial charge in [0.15, 0.2) is 5.78 Å². The number of aryl methyl sites for hydroxylation is 1. The highest BCUT2D eigenvalue weighted by Crippen LogP contribution is 2.29. The van der Waals surface area contributed by atoms with E-state index in [1.807, 2.05) is 36.4 Å². The average Bonchev–Trinajstić information content (AvgIpc) is 3.60. The number of hydrogen-bond acceptors (Lipinski definition) is 8. The minimum Gasteiger partial charge on any atom is -0.378 e. The van der Waals surface area contributed by atoms with Crippen LogP contribution in [0.1, 0.15) is 32.1 Å². The van der Waals surface area contributed by atoms with Crippen LogP contribution in [-0.2, 0) is 11.3 Å². The second kappa shape index (κ2) is 11.6. The molecule has 0 aliphatic heterocycles. The SMILES string of the molecule is N#Cc1cc(-c2ccc(C(=O)Nc3nc4cc(NCC(=O)c5ccccc5)ccc4n3CCC(N)=O)s2)ccn1. The summed E-state index contributed by atoms with van der Waals surface area (Å²) in [5.74, 6) is -0.627. The largest absolute Gasteiger partial charge is 0.378 e. The van der Waals surface area contributed by atoms with Crippen molar-refractivity contribution in [2.24, 2.45) is 5.73 Å². The Kier molecular flexibility index (Phi) is 7.61. The number of primary amides is 1. The van der Waals surface area contributed by atoms with E-state index in [1.165, 1.54) is 11.3 Å². The number of rotatable bonds is 10. The first-order valence-electron chi connectivity index (χ1n) is 12.3. The number of Topliss-reactive ketones (excluding diaryl/α,β-unsaturated/α-hetero) is 1. The van der Waals surface area contributed by atoms with Crippen molar-refractivity contribution >= 4 is 51.6 Å². The fourth-order valence-electron chi connectivity index (χ4n) is 4.12. The van der Waals surface area contributed by atoms with E-state index < -0.39 is 5.91 Å². The Labute approximate surface area is 233 Å². The quantitative estimate of drug-likeness (QED) is 0.217. The molecule has 40 heavy (non-hydrogen) atoms. The number of benzene rings is 2. The van der Waals surface area contributed by atoms with Crippen molar-refractivity contribution in [3.05, 3.63) is 95.1 Å². The number of aromatic nitrogens is 3. The highest BCUT2D eigenvalue weighted by Gasteiger charge is 2.18. The lowest BCUT2D eigenvalue weighted by Crippen LogP contribution is -2.18. The van der Waals surface area contributed by atoms with Crippen molar-refractivity contribution in [3.8, 4) is 16.5 Å². The molecule has 0 aliphatic carbocycles. The van der Waals surface area contributed by atoms with Gasteiger partial charge in [0.1, 0.15) is 11.8 Å². The standard InChI is InChI=1S/C29H23N7O3S/c30-16-21-14-19(10-12-32-21)25-8-9-26(40-25)28(39)35-29-34-22-15-20(6-7-23(22)36(29)13-11-27(31)38)33-17-24(37)18-4-2-1-3-5-18/h1-10,12,14-15,33H,11,13,17H2,(H2,31,38)(H,34,35,39). The number of amides is 2. The van der Waals surface area contributed by atoms with Crippen molar-refractivity contribution < 1.29 is 14.4 Å². The molecule has 0 fully saturated rings. The Bertz CT molecular complexity index is 1770.